The molecular formula is C24H25BrN2O4. The van der Waals surface area contributed by atoms with Crippen LogP contribution in [0.1, 0.15) is 12.5 Å². The Bertz CT molecular complexity index is 1010. The van der Waals surface area contributed by atoms with Gasteiger partial charge in [0.1, 0.15) is 5.75 Å². The normalized spacial score (nSPS) is 10.3. The Kier molecular flexibility index (Phi) is 8.18. The first-order chi connectivity index (χ1) is 15.1. The second-order valence-corrected chi connectivity index (χ2v) is 7.53. The van der Waals surface area contributed by atoms with Crippen molar-refractivity contribution < 1.29 is 19.0 Å². The van der Waals surface area contributed by atoms with E-state index < -0.39 is 0 Å². The molecule has 0 fully saturated rings. The molecule has 7 heteroatoms. The van der Waals surface area contributed by atoms with Crippen molar-refractivity contribution >= 4 is 33.2 Å². The zero-order valence-electron chi connectivity index (χ0n) is 17.5. The highest BCUT2D eigenvalue weighted by molar-refractivity contribution is 9.10. The smallest absolute Gasteiger partial charge is 0.262 e. The van der Waals surface area contributed by atoms with E-state index in [9.17, 15) is 4.79 Å². The molecule has 2 N–H and O–H groups in total. The number of benzene rings is 3. The van der Waals surface area contributed by atoms with Gasteiger partial charge in [0.2, 0.25) is 0 Å². The zero-order chi connectivity index (χ0) is 22.1. The number of para-hydroxylation sites is 2. The van der Waals surface area contributed by atoms with Gasteiger partial charge in [-0.25, -0.2) is 0 Å². The number of anilines is 2. The molecule has 0 heterocycles. The SMILES string of the molecule is CCOc1cc(CNc2ccc(Br)cc2)ccc1OCC(=O)Nc1ccccc1OC. The molecule has 1 amide bonds. The van der Waals surface area contributed by atoms with Crippen LogP contribution in [0, 0.1) is 0 Å². The maximum atomic E-state index is 12.3. The lowest BCUT2D eigenvalue weighted by Gasteiger charge is -2.15. The summed E-state index contributed by atoms with van der Waals surface area (Å²) >= 11 is 3.43. The van der Waals surface area contributed by atoms with Crippen molar-refractivity contribution in [2.24, 2.45) is 0 Å². The molecule has 0 atom stereocenters. The Morgan fingerprint density at radius 1 is 0.935 bits per heavy atom. The number of rotatable bonds is 10. The number of amides is 1. The van der Waals surface area contributed by atoms with Gasteiger partial charge >= 0.3 is 0 Å². The van der Waals surface area contributed by atoms with Crippen molar-refractivity contribution in [3.8, 4) is 17.2 Å². The van der Waals surface area contributed by atoms with E-state index in [-0.39, 0.29) is 12.5 Å². The lowest BCUT2D eigenvalue weighted by Crippen LogP contribution is -2.20. The largest absolute Gasteiger partial charge is 0.495 e. The van der Waals surface area contributed by atoms with Crippen LogP contribution >= 0.6 is 15.9 Å². The molecule has 0 aromatic heterocycles. The van der Waals surface area contributed by atoms with Crippen LogP contribution in [-0.2, 0) is 11.3 Å². The molecule has 0 saturated heterocycles. The molecule has 3 aromatic carbocycles. The number of halogens is 1. The molecule has 162 valence electrons. The molecule has 0 bridgehead atoms. The zero-order valence-corrected chi connectivity index (χ0v) is 19.1. The molecule has 6 nitrogen and oxygen atoms in total. The van der Waals surface area contributed by atoms with Crippen LogP contribution in [0.4, 0.5) is 11.4 Å². The quantitative estimate of drug-likeness (QED) is 0.398. The molecule has 3 aromatic rings. The monoisotopic (exact) mass is 484 g/mol. The van der Waals surface area contributed by atoms with Gasteiger partial charge in [-0.05, 0) is 61.0 Å². The predicted molar refractivity (Wildman–Crippen MR) is 126 cm³/mol. The third kappa shape index (κ3) is 6.65. The standard InChI is InChI=1S/C24H25BrN2O4/c1-3-30-23-14-17(15-26-19-11-9-18(25)10-12-19)8-13-22(23)31-16-24(28)27-20-6-4-5-7-21(20)29-2/h4-14,26H,3,15-16H2,1-2H3,(H,27,28). The van der Waals surface area contributed by atoms with E-state index in [1.807, 2.05) is 61.5 Å². The van der Waals surface area contributed by atoms with E-state index in [4.69, 9.17) is 14.2 Å². The summed E-state index contributed by atoms with van der Waals surface area (Å²) in [6.45, 7) is 2.89. The fourth-order valence-electron chi connectivity index (χ4n) is 2.90. The van der Waals surface area contributed by atoms with Crippen molar-refractivity contribution in [3.63, 3.8) is 0 Å². The molecule has 0 aliphatic rings. The third-order valence-electron chi connectivity index (χ3n) is 4.39. The van der Waals surface area contributed by atoms with Gasteiger partial charge in [0, 0.05) is 16.7 Å². The van der Waals surface area contributed by atoms with Crippen LogP contribution in [0.2, 0.25) is 0 Å². The van der Waals surface area contributed by atoms with Crippen LogP contribution in [-0.4, -0.2) is 26.2 Å². The van der Waals surface area contributed by atoms with E-state index in [0.29, 0.717) is 36.1 Å². The molecule has 0 saturated carbocycles. The summed E-state index contributed by atoms with van der Waals surface area (Å²) in [5.74, 6) is 1.42. The van der Waals surface area contributed by atoms with Gasteiger partial charge in [0.15, 0.2) is 18.1 Å². The van der Waals surface area contributed by atoms with Crippen LogP contribution < -0.4 is 24.8 Å². The number of hydrogen-bond acceptors (Lipinski definition) is 5. The summed E-state index contributed by atoms with van der Waals surface area (Å²) in [7, 11) is 1.56. The minimum absolute atomic E-state index is 0.144. The maximum Gasteiger partial charge on any atom is 0.262 e. The first-order valence-electron chi connectivity index (χ1n) is 9.90. The van der Waals surface area contributed by atoms with E-state index in [2.05, 4.69) is 26.6 Å². The number of carbonyl (C=O) groups excluding carboxylic acids is 1. The highest BCUT2D eigenvalue weighted by Gasteiger charge is 2.11. The summed E-state index contributed by atoms with van der Waals surface area (Å²) in [4.78, 5) is 12.3. The van der Waals surface area contributed by atoms with E-state index in [1.54, 1.807) is 19.2 Å². The van der Waals surface area contributed by atoms with Gasteiger partial charge in [-0.15, -0.1) is 0 Å². The van der Waals surface area contributed by atoms with E-state index >= 15 is 0 Å². The van der Waals surface area contributed by atoms with Crippen molar-refractivity contribution in [3.05, 3.63) is 76.8 Å². The minimum Gasteiger partial charge on any atom is -0.495 e. The predicted octanol–water partition coefficient (Wildman–Crippen LogP) is 5.49. The second-order valence-electron chi connectivity index (χ2n) is 6.61. The van der Waals surface area contributed by atoms with E-state index in [1.165, 1.54) is 0 Å². The average Bonchev–Trinajstić information content (AvgIpc) is 2.78. The minimum atomic E-state index is -0.284. The van der Waals surface area contributed by atoms with Crippen LogP contribution in [0.15, 0.2) is 71.2 Å². The molecule has 0 aliphatic heterocycles. The van der Waals surface area contributed by atoms with Crippen LogP contribution in [0.3, 0.4) is 0 Å². The van der Waals surface area contributed by atoms with Gasteiger partial charge < -0.3 is 24.8 Å². The summed E-state index contributed by atoms with van der Waals surface area (Å²) in [5, 5.41) is 6.17. The molecule has 0 radical (unpaired) electrons. The number of methoxy groups -OCH3 is 1. The number of ether oxygens (including phenoxy) is 3. The molecule has 3 rings (SSSR count). The third-order valence-corrected chi connectivity index (χ3v) is 4.92. The molecule has 0 unspecified atom stereocenters. The van der Waals surface area contributed by atoms with Crippen LogP contribution in [0.5, 0.6) is 17.2 Å². The summed E-state index contributed by atoms with van der Waals surface area (Å²) in [6, 6.07) is 20.9. The molecule has 0 aliphatic carbocycles. The molecule has 0 spiro atoms. The highest BCUT2D eigenvalue weighted by Crippen LogP contribution is 2.29. The fourth-order valence-corrected chi connectivity index (χ4v) is 3.16. The van der Waals surface area contributed by atoms with Crippen molar-refractivity contribution in [1.82, 2.24) is 0 Å². The van der Waals surface area contributed by atoms with Gasteiger partial charge in [-0.3, -0.25) is 4.79 Å². The summed E-state index contributed by atoms with van der Waals surface area (Å²) < 4.78 is 17.7. The lowest BCUT2D eigenvalue weighted by atomic mass is 10.2. The lowest BCUT2D eigenvalue weighted by molar-refractivity contribution is -0.118. The number of carbonyl (C=O) groups is 1. The Morgan fingerprint density at radius 3 is 2.45 bits per heavy atom. The maximum absolute atomic E-state index is 12.3. The first-order valence-corrected chi connectivity index (χ1v) is 10.7. The van der Waals surface area contributed by atoms with Crippen molar-refractivity contribution in [2.45, 2.75) is 13.5 Å². The fraction of sp³-hybridized carbons (Fsp3) is 0.208. The Morgan fingerprint density at radius 2 is 1.71 bits per heavy atom. The van der Waals surface area contributed by atoms with Gasteiger partial charge in [-0.1, -0.05) is 34.1 Å². The molecule has 31 heavy (non-hydrogen) atoms. The number of hydrogen-bond donors (Lipinski definition) is 2. The summed E-state index contributed by atoms with van der Waals surface area (Å²) in [6.07, 6.45) is 0. The summed E-state index contributed by atoms with van der Waals surface area (Å²) in [5.41, 5.74) is 2.66. The van der Waals surface area contributed by atoms with Gasteiger partial charge in [-0.2, -0.15) is 0 Å². The van der Waals surface area contributed by atoms with Crippen molar-refractivity contribution in [1.29, 1.82) is 0 Å². The average molecular weight is 485 g/mol. The van der Waals surface area contributed by atoms with E-state index in [0.717, 1.165) is 15.7 Å². The van der Waals surface area contributed by atoms with Gasteiger partial charge in [0.05, 0.1) is 19.4 Å². The topological polar surface area (TPSA) is 68.8 Å². The van der Waals surface area contributed by atoms with Crippen molar-refractivity contribution in [2.75, 3.05) is 31.0 Å². The number of nitrogens with one attached hydrogen (secondary N) is 2. The van der Waals surface area contributed by atoms with Crippen LogP contribution in [0.25, 0.3) is 0 Å². The molecular weight excluding hydrogens is 460 g/mol. The second kappa shape index (κ2) is 11.3. The Balaban J connectivity index is 1.61. The Labute approximate surface area is 190 Å². The Hall–Kier alpha value is -3.19. The highest BCUT2D eigenvalue weighted by atomic mass is 79.9. The first kappa shape index (κ1) is 22.5. The van der Waals surface area contributed by atoms with Gasteiger partial charge in [0.25, 0.3) is 5.91 Å².